The van der Waals surface area contributed by atoms with E-state index >= 15 is 0 Å². The zero-order valence-electron chi connectivity index (χ0n) is 11.6. The minimum absolute atomic E-state index is 0.272. The Kier molecular flexibility index (Phi) is 4.13. The van der Waals surface area contributed by atoms with Crippen LogP contribution in [0, 0.1) is 0 Å². The lowest BCUT2D eigenvalue weighted by atomic mass is 10.1. The van der Waals surface area contributed by atoms with Crippen LogP contribution in [0.3, 0.4) is 0 Å². The number of carbonyl (C=O) groups excluding carboxylic acids is 1. The van der Waals surface area contributed by atoms with E-state index in [9.17, 15) is 4.79 Å². The molecule has 3 rings (SSSR count). The molecule has 6 heteroatoms. The van der Waals surface area contributed by atoms with Crippen LogP contribution in [0.4, 0.5) is 5.69 Å². The third-order valence-corrected chi connectivity index (χ3v) is 3.85. The fourth-order valence-corrected chi connectivity index (χ4v) is 2.58. The molecule has 5 nitrogen and oxygen atoms in total. The number of hydrogen-bond acceptors (Lipinski definition) is 4. The number of nitrogens with zero attached hydrogens (tertiary/aromatic N) is 2. The second kappa shape index (κ2) is 6.21. The summed E-state index contributed by atoms with van der Waals surface area (Å²) in [5.74, 6) is -0.272. The monoisotopic (exact) mass is 356 g/mol. The Hall–Kier alpha value is -2.31. The molecule has 0 aliphatic heterocycles. The molecular weight excluding hydrogens is 344 g/mol. The van der Waals surface area contributed by atoms with Crippen LogP contribution in [0.15, 0.2) is 53.3 Å². The highest BCUT2D eigenvalue weighted by Gasteiger charge is 2.11. The van der Waals surface area contributed by atoms with Crippen LogP contribution in [-0.4, -0.2) is 15.9 Å². The molecule has 0 bridgehead atoms. The van der Waals surface area contributed by atoms with Gasteiger partial charge in [-0.05, 0) is 39.7 Å². The van der Waals surface area contributed by atoms with Crippen molar-refractivity contribution in [3.63, 3.8) is 0 Å². The first kappa shape index (κ1) is 14.6. The van der Waals surface area contributed by atoms with E-state index in [0.717, 1.165) is 15.4 Å². The quantitative estimate of drug-likeness (QED) is 0.755. The highest BCUT2D eigenvalue weighted by molar-refractivity contribution is 9.10. The van der Waals surface area contributed by atoms with Crippen LogP contribution in [-0.2, 0) is 6.54 Å². The fraction of sp³-hybridized carbons (Fsp3) is 0.0625. The second-order valence-electron chi connectivity index (χ2n) is 4.70. The number of nitrogens with one attached hydrogen (secondary N) is 1. The Labute approximate surface area is 135 Å². The largest absolute Gasteiger partial charge is 0.326 e. The first-order valence-corrected chi connectivity index (χ1v) is 7.48. The Morgan fingerprint density at radius 3 is 2.82 bits per heavy atom. The summed E-state index contributed by atoms with van der Waals surface area (Å²) in [4.78, 5) is 20.9. The first-order valence-electron chi connectivity index (χ1n) is 6.68. The standard InChI is InChI=1S/C16H13BrN4O/c17-12-9-19-8-11-5-6-14(20-15(11)12)16(22)21-13-4-2-1-3-10(13)7-18/h1-6,8-9H,7,18H2,(H,21,22). The summed E-state index contributed by atoms with van der Waals surface area (Å²) in [5, 5.41) is 3.72. The van der Waals surface area contributed by atoms with E-state index in [1.165, 1.54) is 0 Å². The van der Waals surface area contributed by atoms with Gasteiger partial charge in [-0.1, -0.05) is 18.2 Å². The first-order chi connectivity index (χ1) is 10.7. The molecule has 0 fully saturated rings. The number of fused-ring (bicyclic) bond motifs is 1. The molecule has 0 spiro atoms. The van der Waals surface area contributed by atoms with Gasteiger partial charge in [0.2, 0.25) is 0 Å². The van der Waals surface area contributed by atoms with E-state index < -0.39 is 0 Å². The van der Waals surface area contributed by atoms with Gasteiger partial charge in [-0.15, -0.1) is 0 Å². The van der Waals surface area contributed by atoms with Crippen molar-refractivity contribution in [2.45, 2.75) is 6.54 Å². The molecule has 0 unspecified atom stereocenters. The Balaban J connectivity index is 1.94. The molecule has 1 amide bonds. The normalized spacial score (nSPS) is 10.6. The molecule has 0 aliphatic rings. The lowest BCUT2D eigenvalue weighted by Crippen LogP contribution is -2.15. The van der Waals surface area contributed by atoms with Crippen molar-refractivity contribution in [2.24, 2.45) is 5.73 Å². The van der Waals surface area contributed by atoms with Crippen LogP contribution in [0.5, 0.6) is 0 Å². The van der Waals surface area contributed by atoms with Gasteiger partial charge in [0.15, 0.2) is 0 Å². The zero-order valence-corrected chi connectivity index (χ0v) is 13.2. The van der Waals surface area contributed by atoms with Crippen LogP contribution in [0.25, 0.3) is 10.9 Å². The number of nitrogens with two attached hydrogens (primary N) is 1. The molecule has 2 heterocycles. The van der Waals surface area contributed by atoms with Crippen LogP contribution >= 0.6 is 15.9 Å². The number of amides is 1. The number of hydrogen-bond donors (Lipinski definition) is 2. The maximum atomic E-state index is 12.4. The number of benzene rings is 1. The molecule has 2 aromatic heterocycles. The smallest absolute Gasteiger partial charge is 0.274 e. The van der Waals surface area contributed by atoms with Crippen molar-refractivity contribution in [1.29, 1.82) is 0 Å². The van der Waals surface area contributed by atoms with Gasteiger partial charge in [0.25, 0.3) is 5.91 Å². The minimum Gasteiger partial charge on any atom is -0.326 e. The predicted molar refractivity (Wildman–Crippen MR) is 89.5 cm³/mol. The van der Waals surface area contributed by atoms with E-state index in [0.29, 0.717) is 23.4 Å². The summed E-state index contributed by atoms with van der Waals surface area (Å²) in [6.45, 7) is 0.360. The van der Waals surface area contributed by atoms with E-state index in [1.807, 2.05) is 30.3 Å². The summed E-state index contributed by atoms with van der Waals surface area (Å²) >= 11 is 3.40. The van der Waals surface area contributed by atoms with E-state index in [2.05, 4.69) is 31.2 Å². The van der Waals surface area contributed by atoms with Crippen LogP contribution < -0.4 is 11.1 Å². The van der Waals surface area contributed by atoms with E-state index in [-0.39, 0.29) is 5.91 Å². The molecule has 0 aliphatic carbocycles. The van der Waals surface area contributed by atoms with Crippen LogP contribution in [0.1, 0.15) is 16.1 Å². The van der Waals surface area contributed by atoms with Crippen LogP contribution in [0.2, 0.25) is 0 Å². The van der Waals surface area contributed by atoms with E-state index in [4.69, 9.17) is 5.73 Å². The third-order valence-electron chi connectivity index (χ3n) is 3.27. The SMILES string of the molecule is NCc1ccccc1NC(=O)c1ccc2cncc(Br)c2n1. The van der Waals surface area contributed by atoms with Crippen molar-refractivity contribution < 1.29 is 4.79 Å². The highest BCUT2D eigenvalue weighted by Crippen LogP contribution is 2.21. The van der Waals surface area contributed by atoms with Crippen molar-refractivity contribution >= 4 is 38.4 Å². The summed E-state index contributed by atoms with van der Waals surface area (Å²) in [5.41, 5.74) is 8.30. The van der Waals surface area contributed by atoms with Gasteiger partial charge in [-0.3, -0.25) is 9.78 Å². The third kappa shape index (κ3) is 2.84. The second-order valence-corrected chi connectivity index (χ2v) is 5.56. The van der Waals surface area contributed by atoms with Crippen molar-refractivity contribution in [1.82, 2.24) is 9.97 Å². The van der Waals surface area contributed by atoms with Gasteiger partial charge in [-0.2, -0.15) is 0 Å². The number of aromatic nitrogens is 2. The Bertz CT molecular complexity index is 850. The number of anilines is 1. The summed E-state index contributed by atoms with van der Waals surface area (Å²) in [7, 11) is 0. The molecule has 3 aromatic rings. The molecule has 3 N–H and O–H groups in total. The fourth-order valence-electron chi connectivity index (χ4n) is 2.14. The number of rotatable bonds is 3. The molecule has 1 aromatic carbocycles. The zero-order chi connectivity index (χ0) is 15.5. The summed E-state index contributed by atoms with van der Waals surface area (Å²) in [6.07, 6.45) is 3.36. The van der Waals surface area contributed by atoms with Crippen molar-refractivity contribution in [3.05, 3.63) is 64.5 Å². The molecule has 110 valence electrons. The lowest BCUT2D eigenvalue weighted by molar-refractivity contribution is 0.102. The van der Waals surface area contributed by atoms with Gasteiger partial charge < -0.3 is 11.1 Å². The molecule has 0 atom stereocenters. The maximum absolute atomic E-state index is 12.4. The molecule has 0 saturated heterocycles. The molecule has 0 saturated carbocycles. The average Bonchev–Trinajstić information content (AvgIpc) is 2.55. The number of para-hydroxylation sites is 1. The Morgan fingerprint density at radius 2 is 2.00 bits per heavy atom. The molecule has 0 radical (unpaired) electrons. The summed E-state index contributed by atoms with van der Waals surface area (Å²) < 4.78 is 0.752. The van der Waals surface area contributed by atoms with Gasteiger partial charge in [-0.25, -0.2) is 4.98 Å². The number of carbonyl (C=O) groups is 1. The Morgan fingerprint density at radius 1 is 1.18 bits per heavy atom. The number of halogens is 1. The van der Waals surface area contributed by atoms with Gasteiger partial charge in [0.05, 0.1) is 9.99 Å². The topological polar surface area (TPSA) is 80.9 Å². The molecule has 22 heavy (non-hydrogen) atoms. The lowest BCUT2D eigenvalue weighted by Gasteiger charge is -2.09. The average molecular weight is 357 g/mol. The van der Waals surface area contributed by atoms with Gasteiger partial charge in [0, 0.05) is 30.0 Å². The maximum Gasteiger partial charge on any atom is 0.274 e. The summed E-state index contributed by atoms with van der Waals surface area (Å²) in [6, 6.07) is 10.9. The van der Waals surface area contributed by atoms with E-state index in [1.54, 1.807) is 18.5 Å². The molecular formula is C16H13BrN4O. The van der Waals surface area contributed by atoms with Gasteiger partial charge in [0.1, 0.15) is 5.69 Å². The minimum atomic E-state index is -0.272. The van der Waals surface area contributed by atoms with Crippen molar-refractivity contribution in [2.75, 3.05) is 5.32 Å². The van der Waals surface area contributed by atoms with Gasteiger partial charge >= 0.3 is 0 Å². The highest BCUT2D eigenvalue weighted by atomic mass is 79.9. The number of pyridine rings is 2. The van der Waals surface area contributed by atoms with Crippen molar-refractivity contribution in [3.8, 4) is 0 Å². The predicted octanol–water partition coefficient (Wildman–Crippen LogP) is 3.10.